The number of aliphatic hydroxyl groups excluding tert-OH is 2. The number of nitrogens with two attached hydrogens (primary N) is 4. The van der Waals surface area contributed by atoms with E-state index in [0.717, 1.165) is 25.7 Å². The van der Waals surface area contributed by atoms with Crippen LogP contribution in [-0.2, 0) is 54.4 Å². The van der Waals surface area contributed by atoms with Gasteiger partial charge in [-0.05, 0) is 96.5 Å². The van der Waals surface area contributed by atoms with Crippen molar-refractivity contribution in [1.82, 2.24) is 53.2 Å². The summed E-state index contributed by atoms with van der Waals surface area (Å²) in [5.74, 6) is -8.75. The number of amides is 10. The Kier molecular flexibility index (Phi) is 48.2. The molecule has 1 aromatic rings. The van der Waals surface area contributed by atoms with Crippen molar-refractivity contribution in [3.8, 4) is 0 Å². The molecule has 0 aliphatic carbocycles. The first-order valence-electron chi connectivity index (χ1n) is 29.8. The molecule has 30 heteroatoms. The minimum atomic E-state index is -1.66. The molecule has 0 spiro atoms. The van der Waals surface area contributed by atoms with Crippen LogP contribution in [0.1, 0.15) is 156 Å². The van der Waals surface area contributed by atoms with Gasteiger partial charge < -0.3 is 86.3 Å². The second-order valence-electron chi connectivity index (χ2n) is 21.9. The summed E-state index contributed by atoms with van der Waals surface area (Å²) in [7, 11) is 0. The van der Waals surface area contributed by atoms with Gasteiger partial charge in [0.05, 0.1) is 12.2 Å². The number of halogens is 4. The van der Waals surface area contributed by atoms with E-state index < -0.39 is 139 Å². The van der Waals surface area contributed by atoms with Gasteiger partial charge in [0.2, 0.25) is 59.1 Å². The highest BCUT2D eigenvalue weighted by Crippen LogP contribution is 2.14. The average molecular weight is 1320 g/mol. The summed E-state index contributed by atoms with van der Waals surface area (Å²) in [6.45, 7) is 7.33. The largest absolute Gasteiger partial charge is 0.391 e. The third-order valence-electron chi connectivity index (χ3n) is 14.1. The fourth-order valence-electron chi connectivity index (χ4n) is 9.38. The second-order valence-corrected chi connectivity index (χ2v) is 21.9. The highest BCUT2D eigenvalue weighted by atomic mass is 35.5. The van der Waals surface area contributed by atoms with Crippen molar-refractivity contribution in [2.75, 3.05) is 32.7 Å². The van der Waals surface area contributed by atoms with E-state index in [9.17, 15) is 58.2 Å². The molecular formula is C57H104Cl4N14O12. The zero-order valence-corrected chi connectivity index (χ0v) is 54.5. The minimum absolute atomic E-state index is 0. The Morgan fingerprint density at radius 2 is 1.00 bits per heavy atom. The van der Waals surface area contributed by atoms with Gasteiger partial charge in [-0.2, -0.15) is 0 Å². The lowest BCUT2D eigenvalue weighted by Crippen LogP contribution is -2.61. The molecule has 502 valence electrons. The number of unbranched alkanes of at least 4 members (excludes halogenated alkanes) is 10. The predicted molar refractivity (Wildman–Crippen MR) is 343 cm³/mol. The van der Waals surface area contributed by atoms with Crippen molar-refractivity contribution >= 4 is 109 Å². The monoisotopic (exact) mass is 1320 g/mol. The fraction of sp³-hybridized carbons (Fsp3) is 0.719. The van der Waals surface area contributed by atoms with Crippen molar-refractivity contribution in [1.29, 1.82) is 0 Å². The van der Waals surface area contributed by atoms with Gasteiger partial charge in [0, 0.05) is 19.4 Å². The summed E-state index contributed by atoms with van der Waals surface area (Å²) in [6.07, 6.45) is 7.88. The topological polar surface area (TPSA) is 436 Å². The number of benzene rings is 1. The molecule has 0 saturated carbocycles. The van der Waals surface area contributed by atoms with E-state index in [1.54, 1.807) is 44.2 Å². The van der Waals surface area contributed by atoms with Crippen molar-refractivity contribution in [2.45, 2.75) is 223 Å². The maximum atomic E-state index is 14.5. The molecule has 26 nitrogen and oxygen atoms in total. The van der Waals surface area contributed by atoms with Crippen molar-refractivity contribution in [3.63, 3.8) is 0 Å². The van der Waals surface area contributed by atoms with Crippen molar-refractivity contribution in [2.24, 2.45) is 28.9 Å². The van der Waals surface area contributed by atoms with E-state index in [2.05, 4.69) is 60.1 Å². The van der Waals surface area contributed by atoms with Crippen LogP contribution >= 0.6 is 49.6 Å². The lowest BCUT2D eigenvalue weighted by molar-refractivity contribution is -0.136. The van der Waals surface area contributed by atoms with Crippen LogP contribution in [0.5, 0.6) is 0 Å². The molecular weight excluding hydrogens is 1210 g/mol. The quantitative estimate of drug-likeness (QED) is 0.0425. The van der Waals surface area contributed by atoms with Gasteiger partial charge in [-0.15, -0.1) is 49.6 Å². The molecule has 1 saturated heterocycles. The van der Waals surface area contributed by atoms with Gasteiger partial charge in [0.1, 0.15) is 54.4 Å². The summed E-state index contributed by atoms with van der Waals surface area (Å²) < 4.78 is 0. The van der Waals surface area contributed by atoms with Crippen LogP contribution in [-0.4, -0.2) is 169 Å². The summed E-state index contributed by atoms with van der Waals surface area (Å²) >= 11 is 0. The molecule has 11 atom stereocenters. The molecule has 1 heterocycles. The number of aliphatic hydroxyl groups is 2. The predicted octanol–water partition coefficient (Wildman–Crippen LogP) is -0.297. The third kappa shape index (κ3) is 33.8. The Balaban J connectivity index is -0.0000176. The molecule has 1 aliphatic rings. The highest BCUT2D eigenvalue weighted by molar-refractivity contribution is 5.99. The van der Waals surface area contributed by atoms with Crippen LogP contribution in [0.2, 0.25) is 0 Å². The molecule has 1 fully saturated rings. The lowest BCUT2D eigenvalue weighted by atomic mass is 10.00. The lowest BCUT2D eigenvalue weighted by Gasteiger charge is -2.28. The molecule has 1 aliphatic heterocycles. The van der Waals surface area contributed by atoms with Gasteiger partial charge in [0.15, 0.2) is 0 Å². The number of carbonyl (C=O) groups excluding carboxylic acids is 10. The van der Waals surface area contributed by atoms with E-state index >= 15 is 0 Å². The Morgan fingerprint density at radius 3 is 1.47 bits per heavy atom. The zero-order chi connectivity index (χ0) is 61.9. The molecule has 0 bridgehead atoms. The number of nitrogens with one attached hydrogen (secondary N) is 10. The van der Waals surface area contributed by atoms with E-state index in [1.807, 2.05) is 0 Å². The summed E-state index contributed by atoms with van der Waals surface area (Å²) in [6, 6.07) is -4.43. The second kappa shape index (κ2) is 48.7. The summed E-state index contributed by atoms with van der Waals surface area (Å²) in [4.78, 5) is 140. The highest BCUT2D eigenvalue weighted by Gasteiger charge is 2.37. The maximum absolute atomic E-state index is 14.5. The van der Waals surface area contributed by atoms with E-state index in [1.165, 1.54) is 52.4 Å². The van der Waals surface area contributed by atoms with Gasteiger partial charge in [-0.3, -0.25) is 47.9 Å². The summed E-state index contributed by atoms with van der Waals surface area (Å²) in [5, 5.41) is 47.2. The van der Waals surface area contributed by atoms with Crippen LogP contribution in [0.25, 0.3) is 0 Å². The molecule has 10 amide bonds. The zero-order valence-electron chi connectivity index (χ0n) is 51.2. The van der Waals surface area contributed by atoms with Crippen LogP contribution in [0.4, 0.5) is 0 Å². The molecule has 87 heavy (non-hydrogen) atoms. The van der Waals surface area contributed by atoms with Gasteiger partial charge in [0.25, 0.3) is 0 Å². The fourth-order valence-corrected chi connectivity index (χ4v) is 9.38. The van der Waals surface area contributed by atoms with E-state index in [-0.39, 0.29) is 127 Å². The van der Waals surface area contributed by atoms with E-state index in [0.29, 0.717) is 12.0 Å². The van der Waals surface area contributed by atoms with Crippen LogP contribution in [0.15, 0.2) is 30.3 Å². The Morgan fingerprint density at radius 1 is 0.552 bits per heavy atom. The number of hydrogen-bond donors (Lipinski definition) is 16. The first-order valence-corrected chi connectivity index (χ1v) is 29.8. The Hall–Kier alpha value is -5.16. The number of rotatable bonds is 31. The molecule has 2 rings (SSSR count). The number of hydrogen-bond acceptors (Lipinski definition) is 16. The molecule has 0 aromatic heterocycles. The van der Waals surface area contributed by atoms with Crippen molar-refractivity contribution < 1.29 is 58.2 Å². The minimum Gasteiger partial charge on any atom is -0.391 e. The van der Waals surface area contributed by atoms with Crippen LogP contribution in [0, 0.1) is 5.92 Å². The Bertz CT molecular complexity index is 2200. The Labute approximate surface area is 538 Å². The van der Waals surface area contributed by atoms with Gasteiger partial charge >= 0.3 is 0 Å². The normalized spacial score (nSPS) is 21.4. The molecule has 0 radical (unpaired) electrons. The summed E-state index contributed by atoms with van der Waals surface area (Å²) in [5.41, 5.74) is 24.2. The first-order chi connectivity index (χ1) is 39.6. The third-order valence-corrected chi connectivity index (χ3v) is 14.1. The smallest absolute Gasteiger partial charge is 0.245 e. The molecule has 1 aromatic carbocycles. The average Bonchev–Trinajstić information content (AvgIpc) is 3.12. The first kappa shape index (κ1) is 86.0. The van der Waals surface area contributed by atoms with Crippen molar-refractivity contribution in [3.05, 3.63) is 35.9 Å². The SMILES string of the molecule is CCCCCCCCCCCCCC(=O)N[C@H](C(=O)N[C@@H](CCN)C(=O)N[C@H]1CCNC(=O)[C@H]([C@@H](C)O)NC(=O)[C@H](CCN)NC(=O)[C@H](CCN)NC(=O)[C@H](CC(C)C)NC(=O)[C@@H](Cc2ccccc2)NC(=O)[C@H](CCN)NC1=O)[C@@H](C)O.Cl.Cl.Cl.Cl. The van der Waals surface area contributed by atoms with Crippen LogP contribution < -0.4 is 76.1 Å². The standard InChI is InChI=1S/C57H100N14O12.4ClH/c1-6-7-8-9-10-11-12-13-14-15-19-22-46(74)70-48(37(5)73)57(83)67-41(25-30-60)50(76)66-43-27-32-62-56(82)47(36(4)72)71-53(79)42(26-31-61)64-49(75)39(23-28-58)65-54(80)44(33-35(2)3)68-55(81)45(34-38-20-17-16-18-21-38)69-51(77)40(24-29-59)63-52(43)78;;;;/h16-18,20-21,35-37,39-45,47-48,72-73H,6-15,19,22-34,58-61H2,1-5H3,(H,62,82)(H,63,78)(H,64,75)(H,65,80)(H,66,76)(H,67,83)(H,68,81)(H,69,77)(H,70,74)(H,71,79);4*1H/t36-,37-,39+,40+,41+,42+,43+,44+,45-,47+,48+;;;;/m1..../s1. The molecule has 0 unspecified atom stereocenters. The van der Waals surface area contributed by atoms with Gasteiger partial charge in [-0.1, -0.05) is 115 Å². The van der Waals surface area contributed by atoms with Gasteiger partial charge in [-0.25, -0.2) is 0 Å². The maximum Gasteiger partial charge on any atom is 0.245 e. The molecule has 20 N–H and O–H groups in total. The van der Waals surface area contributed by atoms with E-state index in [4.69, 9.17) is 22.9 Å². The number of carbonyl (C=O) groups is 10. The van der Waals surface area contributed by atoms with Crippen LogP contribution in [0.3, 0.4) is 0 Å².